The van der Waals surface area contributed by atoms with Gasteiger partial charge >= 0.3 is 0 Å². The minimum Gasteiger partial charge on any atom is -0.329 e. The topological polar surface area (TPSA) is 29.3 Å². The van der Waals surface area contributed by atoms with E-state index in [1.54, 1.807) is 0 Å². The van der Waals surface area contributed by atoms with E-state index in [1.165, 1.54) is 45.1 Å². The first-order valence-electron chi connectivity index (χ1n) is 6.72. The van der Waals surface area contributed by atoms with Gasteiger partial charge in [0, 0.05) is 25.7 Å². The molecule has 2 N–H and O–H groups in total. The average Bonchev–Trinajstić information content (AvgIpc) is 2.29. The number of rotatable bonds is 6. The van der Waals surface area contributed by atoms with Gasteiger partial charge in [-0.15, -0.1) is 0 Å². The van der Waals surface area contributed by atoms with E-state index >= 15 is 0 Å². The second-order valence-electron chi connectivity index (χ2n) is 5.04. The first kappa shape index (κ1) is 13.0. The molecular weight excluding hydrogens is 184 g/mol. The Hall–Kier alpha value is -0.0800. The van der Waals surface area contributed by atoms with Crippen LogP contribution in [-0.4, -0.2) is 30.6 Å². The van der Waals surface area contributed by atoms with E-state index in [9.17, 15) is 0 Å². The lowest BCUT2D eigenvalue weighted by molar-refractivity contribution is 0.158. The number of hydrogen-bond donors (Lipinski definition) is 1. The minimum absolute atomic E-state index is 0.704. The third kappa shape index (κ3) is 4.52. The maximum atomic E-state index is 5.69. The van der Waals surface area contributed by atoms with Crippen LogP contribution in [0.4, 0.5) is 0 Å². The van der Waals surface area contributed by atoms with Crippen molar-refractivity contribution in [1.29, 1.82) is 0 Å². The highest BCUT2D eigenvalue weighted by Gasteiger charge is 2.19. The third-order valence-electron chi connectivity index (χ3n) is 3.85. The van der Waals surface area contributed by atoms with Crippen LogP contribution in [0.5, 0.6) is 0 Å². The first-order chi connectivity index (χ1) is 7.27. The summed E-state index contributed by atoms with van der Waals surface area (Å²) >= 11 is 0. The third-order valence-corrected chi connectivity index (χ3v) is 3.85. The number of nitrogens with two attached hydrogens (primary N) is 1. The molecule has 2 heteroatoms. The summed E-state index contributed by atoms with van der Waals surface area (Å²) in [5.74, 6) is 0.944. The van der Waals surface area contributed by atoms with Crippen LogP contribution < -0.4 is 5.73 Å². The summed E-state index contributed by atoms with van der Waals surface area (Å²) in [7, 11) is 0. The lowest BCUT2D eigenvalue weighted by Crippen LogP contribution is -2.40. The first-order valence-corrected chi connectivity index (χ1v) is 6.72. The van der Waals surface area contributed by atoms with Crippen LogP contribution in [0, 0.1) is 5.92 Å². The Kier molecular flexibility index (Phi) is 6.26. The summed E-state index contributed by atoms with van der Waals surface area (Å²) in [6.45, 7) is 7.77. The van der Waals surface area contributed by atoms with Crippen molar-refractivity contribution < 1.29 is 0 Å². The van der Waals surface area contributed by atoms with Gasteiger partial charge in [-0.25, -0.2) is 0 Å². The highest BCUT2D eigenvalue weighted by Crippen LogP contribution is 2.25. The molecular formula is C13H28N2. The minimum atomic E-state index is 0.704. The lowest BCUT2D eigenvalue weighted by Gasteiger charge is -2.33. The normalized spacial score (nSPS) is 20.8. The van der Waals surface area contributed by atoms with Gasteiger partial charge in [0.2, 0.25) is 0 Å². The Morgan fingerprint density at radius 3 is 2.47 bits per heavy atom. The lowest BCUT2D eigenvalue weighted by atomic mass is 9.88. The summed E-state index contributed by atoms with van der Waals surface area (Å²) < 4.78 is 0. The average molecular weight is 212 g/mol. The van der Waals surface area contributed by atoms with Gasteiger partial charge in [-0.05, 0) is 32.1 Å². The van der Waals surface area contributed by atoms with Gasteiger partial charge in [0.15, 0.2) is 0 Å². The van der Waals surface area contributed by atoms with E-state index < -0.39 is 0 Å². The molecule has 1 atom stereocenters. The van der Waals surface area contributed by atoms with Crippen LogP contribution in [0.15, 0.2) is 0 Å². The van der Waals surface area contributed by atoms with Crippen molar-refractivity contribution in [1.82, 2.24) is 4.90 Å². The molecule has 1 fully saturated rings. The SMILES string of the molecule is CCC(C)N(CCN)CC1CCCCC1. The van der Waals surface area contributed by atoms with E-state index in [2.05, 4.69) is 18.7 Å². The molecule has 0 amide bonds. The molecule has 1 aliphatic rings. The molecule has 0 radical (unpaired) electrons. The summed E-state index contributed by atoms with van der Waals surface area (Å²) in [5.41, 5.74) is 5.69. The van der Waals surface area contributed by atoms with Crippen molar-refractivity contribution in [3.63, 3.8) is 0 Å². The van der Waals surface area contributed by atoms with Crippen LogP contribution in [0.25, 0.3) is 0 Å². The standard InChI is InChI=1S/C13H28N2/c1-3-12(2)15(10-9-14)11-13-7-5-4-6-8-13/h12-13H,3-11,14H2,1-2H3. The maximum absolute atomic E-state index is 5.69. The quantitative estimate of drug-likeness (QED) is 0.733. The zero-order valence-electron chi connectivity index (χ0n) is 10.5. The maximum Gasteiger partial charge on any atom is 0.0108 e. The summed E-state index contributed by atoms with van der Waals surface area (Å²) in [6, 6.07) is 0.704. The molecule has 0 aromatic rings. The molecule has 0 saturated heterocycles. The van der Waals surface area contributed by atoms with Crippen molar-refractivity contribution in [3.8, 4) is 0 Å². The van der Waals surface area contributed by atoms with Gasteiger partial charge in [0.25, 0.3) is 0 Å². The van der Waals surface area contributed by atoms with Gasteiger partial charge in [-0.2, -0.15) is 0 Å². The van der Waals surface area contributed by atoms with Gasteiger partial charge in [0.1, 0.15) is 0 Å². The smallest absolute Gasteiger partial charge is 0.0108 e. The van der Waals surface area contributed by atoms with Gasteiger partial charge in [-0.3, -0.25) is 4.90 Å². The zero-order valence-corrected chi connectivity index (χ0v) is 10.5. The second kappa shape index (κ2) is 7.24. The van der Waals surface area contributed by atoms with Crippen LogP contribution in [0.3, 0.4) is 0 Å². The van der Waals surface area contributed by atoms with Crippen LogP contribution in [-0.2, 0) is 0 Å². The fourth-order valence-corrected chi connectivity index (χ4v) is 2.62. The Bertz CT molecular complexity index is 153. The molecule has 0 aromatic carbocycles. The fourth-order valence-electron chi connectivity index (χ4n) is 2.62. The molecule has 0 spiro atoms. The van der Waals surface area contributed by atoms with Crippen LogP contribution in [0.1, 0.15) is 52.4 Å². The summed E-state index contributed by atoms with van der Waals surface area (Å²) in [5, 5.41) is 0. The van der Waals surface area contributed by atoms with Crippen LogP contribution >= 0.6 is 0 Å². The van der Waals surface area contributed by atoms with Gasteiger partial charge in [0.05, 0.1) is 0 Å². The highest BCUT2D eigenvalue weighted by atomic mass is 15.2. The summed E-state index contributed by atoms with van der Waals surface area (Å²) in [4.78, 5) is 2.59. The molecule has 90 valence electrons. The zero-order chi connectivity index (χ0) is 11.1. The van der Waals surface area contributed by atoms with E-state index in [-0.39, 0.29) is 0 Å². The Morgan fingerprint density at radius 1 is 1.27 bits per heavy atom. The molecule has 0 aromatic heterocycles. The van der Waals surface area contributed by atoms with Gasteiger partial charge < -0.3 is 5.73 Å². The van der Waals surface area contributed by atoms with E-state index in [1.807, 2.05) is 0 Å². The van der Waals surface area contributed by atoms with E-state index in [0.717, 1.165) is 19.0 Å². The number of nitrogens with zero attached hydrogens (tertiary/aromatic N) is 1. The molecule has 1 aliphatic carbocycles. The fraction of sp³-hybridized carbons (Fsp3) is 1.00. The monoisotopic (exact) mass is 212 g/mol. The van der Waals surface area contributed by atoms with Crippen molar-refractivity contribution in [2.24, 2.45) is 11.7 Å². The second-order valence-corrected chi connectivity index (χ2v) is 5.04. The molecule has 1 unspecified atom stereocenters. The molecule has 1 saturated carbocycles. The van der Waals surface area contributed by atoms with Crippen molar-refractivity contribution in [2.75, 3.05) is 19.6 Å². The number of hydrogen-bond acceptors (Lipinski definition) is 2. The molecule has 0 bridgehead atoms. The molecule has 2 nitrogen and oxygen atoms in total. The molecule has 0 aliphatic heterocycles. The van der Waals surface area contributed by atoms with Crippen molar-refractivity contribution in [2.45, 2.75) is 58.4 Å². The van der Waals surface area contributed by atoms with E-state index in [0.29, 0.717) is 6.04 Å². The highest BCUT2D eigenvalue weighted by molar-refractivity contribution is 4.74. The van der Waals surface area contributed by atoms with Crippen LogP contribution in [0.2, 0.25) is 0 Å². The summed E-state index contributed by atoms with van der Waals surface area (Å²) in [6.07, 6.45) is 8.47. The van der Waals surface area contributed by atoms with Gasteiger partial charge in [-0.1, -0.05) is 26.2 Å². The van der Waals surface area contributed by atoms with Crippen molar-refractivity contribution in [3.05, 3.63) is 0 Å². The largest absolute Gasteiger partial charge is 0.329 e. The molecule has 15 heavy (non-hydrogen) atoms. The predicted molar refractivity (Wildman–Crippen MR) is 67.0 cm³/mol. The Balaban J connectivity index is 2.34. The molecule has 1 rings (SSSR count). The van der Waals surface area contributed by atoms with Crippen molar-refractivity contribution >= 4 is 0 Å². The Morgan fingerprint density at radius 2 is 1.93 bits per heavy atom. The van der Waals surface area contributed by atoms with E-state index in [4.69, 9.17) is 5.73 Å². The molecule has 0 heterocycles. The predicted octanol–water partition coefficient (Wildman–Crippen LogP) is 2.63. The Labute approximate surface area is 95.2 Å².